The molecule has 2 aromatic carbocycles. The molecule has 1 aliphatic heterocycles. The number of nitrogens with one attached hydrogen (secondary N) is 1. The van der Waals surface area contributed by atoms with Crippen LogP contribution < -0.4 is 10.1 Å². The third-order valence-corrected chi connectivity index (χ3v) is 4.85. The molecular weight excluding hydrogens is 406 g/mol. The van der Waals surface area contributed by atoms with Crippen molar-refractivity contribution >= 4 is 33.4 Å². The van der Waals surface area contributed by atoms with Crippen molar-refractivity contribution in [3.05, 3.63) is 76.5 Å². The van der Waals surface area contributed by atoms with E-state index in [0.717, 1.165) is 28.1 Å². The first-order valence-electron chi connectivity index (χ1n) is 8.41. The summed E-state index contributed by atoms with van der Waals surface area (Å²) < 4.78 is 6.18. The summed E-state index contributed by atoms with van der Waals surface area (Å²) in [6.07, 6.45) is 2.03. The van der Waals surface area contributed by atoms with Crippen molar-refractivity contribution in [3.8, 4) is 16.9 Å². The predicted octanol–water partition coefficient (Wildman–Crippen LogP) is 4.54. The first-order chi connectivity index (χ1) is 13.2. The third-order valence-electron chi connectivity index (χ3n) is 4.38. The molecule has 6 heteroatoms. The fourth-order valence-electron chi connectivity index (χ4n) is 3.09. The number of carbonyl (C=O) groups excluding carboxylic acids is 1. The number of hydrogen-bond acceptors (Lipinski definition) is 4. The fraction of sp³-hybridized carbons (Fsp3) is 0.0952. The number of fused-ring (bicyclic) bond motifs is 1. The maximum Gasteiger partial charge on any atom is 0.258 e. The molecule has 134 valence electrons. The molecule has 5 nitrogen and oxygen atoms in total. The molecule has 3 aromatic rings. The highest BCUT2D eigenvalue weighted by Crippen LogP contribution is 2.42. The van der Waals surface area contributed by atoms with Gasteiger partial charge < -0.3 is 10.1 Å². The Balaban J connectivity index is 1.66. The van der Waals surface area contributed by atoms with Gasteiger partial charge in [-0.15, -0.1) is 0 Å². The predicted molar refractivity (Wildman–Crippen MR) is 109 cm³/mol. The Morgan fingerprint density at radius 3 is 2.63 bits per heavy atom. The van der Waals surface area contributed by atoms with E-state index in [9.17, 15) is 4.79 Å². The molecule has 0 saturated heterocycles. The summed E-state index contributed by atoms with van der Waals surface area (Å²) in [5.41, 5.74) is 4.38. The number of rotatable bonds is 3. The van der Waals surface area contributed by atoms with E-state index in [1.165, 1.54) is 6.20 Å². The second-order valence-corrected chi connectivity index (χ2v) is 6.88. The lowest BCUT2D eigenvalue weighted by Crippen LogP contribution is -2.30. The summed E-state index contributed by atoms with van der Waals surface area (Å²) in [5.74, 6) is 1.13. The van der Waals surface area contributed by atoms with Crippen molar-refractivity contribution < 1.29 is 9.53 Å². The number of benzene rings is 2. The lowest BCUT2D eigenvalue weighted by atomic mass is 9.99. The van der Waals surface area contributed by atoms with Crippen molar-refractivity contribution in [2.45, 2.75) is 6.42 Å². The van der Waals surface area contributed by atoms with Gasteiger partial charge in [0.15, 0.2) is 0 Å². The topological polar surface area (TPSA) is 63.6 Å². The second kappa shape index (κ2) is 7.32. The number of methoxy groups -OCH3 is 1. The Bertz CT molecular complexity index is 1030. The van der Waals surface area contributed by atoms with Gasteiger partial charge in [-0.1, -0.05) is 30.3 Å². The minimum Gasteiger partial charge on any atom is -0.496 e. The van der Waals surface area contributed by atoms with E-state index < -0.39 is 0 Å². The van der Waals surface area contributed by atoms with Gasteiger partial charge in [-0.25, -0.2) is 9.98 Å². The quantitative estimate of drug-likeness (QED) is 0.631. The van der Waals surface area contributed by atoms with Crippen LogP contribution in [0, 0.1) is 0 Å². The summed E-state index contributed by atoms with van der Waals surface area (Å²) in [6, 6.07) is 17.4. The molecule has 1 aromatic heterocycles. The van der Waals surface area contributed by atoms with Gasteiger partial charge >= 0.3 is 0 Å². The lowest BCUT2D eigenvalue weighted by Gasteiger charge is -2.10. The fourth-order valence-corrected chi connectivity index (χ4v) is 3.32. The van der Waals surface area contributed by atoms with Crippen LogP contribution in [0.25, 0.3) is 11.1 Å². The van der Waals surface area contributed by atoms with Crippen molar-refractivity contribution in [2.24, 2.45) is 4.99 Å². The van der Waals surface area contributed by atoms with Crippen LogP contribution >= 0.6 is 15.9 Å². The van der Waals surface area contributed by atoms with Gasteiger partial charge in [0, 0.05) is 23.7 Å². The molecule has 2 heterocycles. The van der Waals surface area contributed by atoms with Crippen LogP contribution in [0.1, 0.15) is 15.9 Å². The molecule has 0 unspecified atom stereocenters. The molecule has 0 fully saturated rings. The van der Waals surface area contributed by atoms with Crippen LogP contribution in [0.3, 0.4) is 0 Å². The Morgan fingerprint density at radius 2 is 1.93 bits per heavy atom. The van der Waals surface area contributed by atoms with E-state index in [1.807, 2.05) is 42.5 Å². The number of pyridine rings is 1. The van der Waals surface area contributed by atoms with E-state index in [0.29, 0.717) is 22.4 Å². The molecule has 0 saturated carbocycles. The maximum atomic E-state index is 12.5. The number of amides is 1. The van der Waals surface area contributed by atoms with Gasteiger partial charge in [0.1, 0.15) is 16.2 Å². The number of amidine groups is 1. The summed E-state index contributed by atoms with van der Waals surface area (Å²) in [5, 5.41) is 2.89. The number of halogens is 1. The molecule has 0 bridgehead atoms. The summed E-state index contributed by atoms with van der Waals surface area (Å²) >= 11 is 3.27. The Labute approximate surface area is 165 Å². The van der Waals surface area contributed by atoms with Gasteiger partial charge in [0.2, 0.25) is 0 Å². The van der Waals surface area contributed by atoms with Crippen LogP contribution in [0.15, 0.2) is 70.4 Å². The lowest BCUT2D eigenvalue weighted by molar-refractivity contribution is 0.0976. The van der Waals surface area contributed by atoms with E-state index >= 15 is 0 Å². The standard InChI is InChI=1S/C21H16BrN3O2/c1-27-17-9-8-15(13-5-3-2-4-6-13)20-16(17)11-19(24-20)25-21(26)14-7-10-18(22)23-12-14/h2-10,12H,11H2,1H3,(H,24,25,26). The molecule has 0 atom stereocenters. The van der Waals surface area contributed by atoms with Crippen molar-refractivity contribution in [1.82, 2.24) is 10.3 Å². The van der Waals surface area contributed by atoms with Gasteiger partial charge in [-0.2, -0.15) is 0 Å². The van der Waals surface area contributed by atoms with Crippen LogP contribution in [-0.4, -0.2) is 23.8 Å². The van der Waals surface area contributed by atoms with E-state index in [4.69, 9.17) is 9.73 Å². The molecular formula is C21H16BrN3O2. The van der Waals surface area contributed by atoms with E-state index in [2.05, 4.69) is 26.2 Å². The van der Waals surface area contributed by atoms with E-state index in [-0.39, 0.29) is 5.91 Å². The van der Waals surface area contributed by atoms with Gasteiger partial charge in [-0.05, 0) is 45.8 Å². The second-order valence-electron chi connectivity index (χ2n) is 6.07. The third kappa shape index (κ3) is 3.48. The molecule has 27 heavy (non-hydrogen) atoms. The highest BCUT2D eigenvalue weighted by atomic mass is 79.9. The van der Waals surface area contributed by atoms with Crippen LogP contribution in [-0.2, 0) is 6.42 Å². The molecule has 4 rings (SSSR count). The van der Waals surface area contributed by atoms with Crippen molar-refractivity contribution in [1.29, 1.82) is 0 Å². The first-order valence-corrected chi connectivity index (χ1v) is 9.21. The highest BCUT2D eigenvalue weighted by molar-refractivity contribution is 9.10. The van der Waals surface area contributed by atoms with E-state index in [1.54, 1.807) is 19.2 Å². The minimum atomic E-state index is -0.234. The van der Waals surface area contributed by atoms with Gasteiger partial charge in [0.25, 0.3) is 5.91 Å². The zero-order valence-electron chi connectivity index (χ0n) is 14.6. The largest absolute Gasteiger partial charge is 0.496 e. The number of carbonyl (C=O) groups is 1. The summed E-state index contributed by atoms with van der Waals surface area (Å²) in [7, 11) is 1.64. The SMILES string of the molecule is COc1ccc(-c2ccccc2)c2c1CC(NC(=O)c1ccc(Br)nc1)=N2. The normalized spacial score (nSPS) is 12.3. The Hall–Kier alpha value is -2.99. The van der Waals surface area contributed by atoms with Crippen molar-refractivity contribution in [2.75, 3.05) is 7.11 Å². The Morgan fingerprint density at radius 1 is 1.11 bits per heavy atom. The number of hydrogen-bond donors (Lipinski definition) is 1. The zero-order valence-corrected chi connectivity index (χ0v) is 16.2. The number of ether oxygens (including phenoxy) is 1. The smallest absolute Gasteiger partial charge is 0.258 e. The molecule has 0 radical (unpaired) electrons. The van der Waals surface area contributed by atoms with Crippen LogP contribution in [0.2, 0.25) is 0 Å². The summed E-state index contributed by atoms with van der Waals surface area (Å²) in [6.45, 7) is 0. The summed E-state index contributed by atoms with van der Waals surface area (Å²) in [4.78, 5) is 21.3. The first kappa shape index (κ1) is 17.4. The number of nitrogens with zero attached hydrogens (tertiary/aromatic N) is 2. The molecule has 1 amide bonds. The minimum absolute atomic E-state index is 0.234. The molecule has 0 aliphatic carbocycles. The monoisotopic (exact) mass is 421 g/mol. The Kier molecular flexibility index (Phi) is 4.73. The number of aromatic nitrogens is 1. The van der Waals surface area contributed by atoms with Gasteiger partial charge in [-0.3, -0.25) is 4.79 Å². The highest BCUT2D eigenvalue weighted by Gasteiger charge is 2.24. The molecule has 1 aliphatic rings. The molecule has 1 N–H and O–H groups in total. The molecule has 0 spiro atoms. The average molecular weight is 422 g/mol. The number of aliphatic imine (C=N–C) groups is 1. The van der Waals surface area contributed by atoms with Crippen LogP contribution in [0.4, 0.5) is 5.69 Å². The zero-order chi connectivity index (χ0) is 18.8. The van der Waals surface area contributed by atoms with Crippen LogP contribution in [0.5, 0.6) is 5.75 Å². The van der Waals surface area contributed by atoms with Gasteiger partial charge in [0.05, 0.1) is 18.4 Å². The average Bonchev–Trinajstić information content (AvgIpc) is 3.11. The maximum absolute atomic E-state index is 12.5. The van der Waals surface area contributed by atoms with Crippen molar-refractivity contribution in [3.63, 3.8) is 0 Å².